The summed E-state index contributed by atoms with van der Waals surface area (Å²) in [6, 6.07) is 11.3. The maximum absolute atomic E-state index is 12.6. The maximum atomic E-state index is 12.6. The summed E-state index contributed by atoms with van der Waals surface area (Å²) in [6.07, 6.45) is 0. The number of hydrogen-bond donors (Lipinski definition) is 2. The number of aryl methyl sites for hydroxylation is 1. The maximum Gasteiger partial charge on any atom is 0.341 e. The third-order valence-corrected chi connectivity index (χ3v) is 7.44. The number of methoxy groups -OCH3 is 1. The monoisotopic (exact) mass is 482 g/mol. The Balaban J connectivity index is 1.50. The van der Waals surface area contributed by atoms with E-state index >= 15 is 0 Å². The van der Waals surface area contributed by atoms with Crippen molar-refractivity contribution in [3.8, 4) is 17.1 Å². The minimum absolute atomic E-state index is 0.0757. The summed E-state index contributed by atoms with van der Waals surface area (Å²) in [4.78, 5) is 25.6. The lowest BCUT2D eigenvalue weighted by molar-refractivity contribution is -0.113. The molecule has 2 heterocycles. The average molecular weight is 483 g/mol. The van der Waals surface area contributed by atoms with Crippen molar-refractivity contribution >= 4 is 50.7 Å². The molecule has 2 aromatic carbocycles. The van der Waals surface area contributed by atoms with Gasteiger partial charge < -0.3 is 19.7 Å². The number of benzene rings is 2. The first-order chi connectivity index (χ1) is 15.8. The Bertz CT molecular complexity index is 1380. The Labute approximate surface area is 198 Å². The number of phenolic OH excluding ortho intramolecular Hbond substituents is 1. The van der Waals surface area contributed by atoms with Crippen LogP contribution in [0.15, 0.2) is 41.6 Å². The lowest BCUT2D eigenvalue weighted by Crippen LogP contribution is -2.16. The van der Waals surface area contributed by atoms with Gasteiger partial charge in [-0.15, -0.1) is 21.5 Å². The Morgan fingerprint density at radius 2 is 1.88 bits per heavy atom. The number of amides is 1. The van der Waals surface area contributed by atoms with Crippen molar-refractivity contribution < 1.29 is 19.4 Å². The molecule has 0 unspecified atom stereocenters. The number of carbonyl (C=O) groups is 2. The highest BCUT2D eigenvalue weighted by molar-refractivity contribution is 7.99. The lowest BCUT2D eigenvalue weighted by Gasteiger charge is -2.08. The number of nitrogens with one attached hydrogen (secondary N) is 1. The van der Waals surface area contributed by atoms with Gasteiger partial charge in [-0.2, -0.15) is 0 Å². The zero-order chi connectivity index (χ0) is 23.7. The summed E-state index contributed by atoms with van der Waals surface area (Å²) in [5.74, 6) is -0.0694. The number of phenols is 1. The number of aromatic hydroxyl groups is 1. The number of rotatable bonds is 6. The van der Waals surface area contributed by atoms with Crippen LogP contribution in [0.2, 0.25) is 0 Å². The van der Waals surface area contributed by atoms with Crippen LogP contribution in [0.3, 0.4) is 0 Å². The zero-order valence-electron chi connectivity index (χ0n) is 18.5. The predicted molar refractivity (Wildman–Crippen MR) is 130 cm³/mol. The molecule has 4 rings (SSSR count). The normalized spacial score (nSPS) is 11.0. The highest BCUT2D eigenvalue weighted by Gasteiger charge is 2.22. The van der Waals surface area contributed by atoms with E-state index in [0.29, 0.717) is 27.1 Å². The van der Waals surface area contributed by atoms with E-state index in [1.165, 1.54) is 30.2 Å². The molecule has 33 heavy (non-hydrogen) atoms. The topological polar surface area (TPSA) is 106 Å². The van der Waals surface area contributed by atoms with Gasteiger partial charge in [-0.05, 0) is 42.3 Å². The average Bonchev–Trinajstić information content (AvgIpc) is 3.29. The molecule has 1 amide bonds. The van der Waals surface area contributed by atoms with Gasteiger partial charge in [0.25, 0.3) is 0 Å². The Hall–Kier alpha value is -3.37. The number of thiophene rings is 1. The first-order valence-electron chi connectivity index (χ1n) is 10.0. The fraction of sp³-hybridized carbons (Fsp3) is 0.217. The quantitative estimate of drug-likeness (QED) is 0.307. The van der Waals surface area contributed by atoms with Gasteiger partial charge in [0.05, 0.1) is 24.0 Å². The molecule has 170 valence electrons. The summed E-state index contributed by atoms with van der Waals surface area (Å²) in [6.45, 7) is 3.71. The summed E-state index contributed by atoms with van der Waals surface area (Å²) in [5, 5.41) is 24.6. The highest BCUT2D eigenvalue weighted by Crippen LogP contribution is 2.35. The first-order valence-corrected chi connectivity index (χ1v) is 11.8. The van der Waals surface area contributed by atoms with E-state index in [1.807, 2.05) is 44.2 Å². The van der Waals surface area contributed by atoms with Crippen molar-refractivity contribution in [1.29, 1.82) is 0 Å². The molecule has 0 fully saturated rings. The molecule has 4 aromatic rings. The van der Waals surface area contributed by atoms with Crippen LogP contribution in [0.4, 0.5) is 5.00 Å². The van der Waals surface area contributed by atoms with Crippen molar-refractivity contribution in [2.45, 2.75) is 19.0 Å². The second kappa shape index (κ2) is 9.24. The van der Waals surface area contributed by atoms with Gasteiger partial charge in [0, 0.05) is 11.9 Å². The number of nitrogens with zero attached hydrogens (tertiary/aromatic N) is 3. The van der Waals surface area contributed by atoms with E-state index < -0.39 is 5.97 Å². The minimum Gasteiger partial charge on any atom is -0.507 e. The largest absolute Gasteiger partial charge is 0.507 e. The summed E-state index contributed by atoms with van der Waals surface area (Å²) < 4.78 is 6.59. The molecule has 0 saturated carbocycles. The Morgan fingerprint density at radius 3 is 2.58 bits per heavy atom. The number of aromatic nitrogens is 3. The van der Waals surface area contributed by atoms with Gasteiger partial charge in [-0.1, -0.05) is 36.0 Å². The van der Waals surface area contributed by atoms with Gasteiger partial charge in [0.15, 0.2) is 11.0 Å². The van der Waals surface area contributed by atoms with Crippen molar-refractivity contribution in [3.05, 3.63) is 52.4 Å². The summed E-state index contributed by atoms with van der Waals surface area (Å²) >= 11 is 2.55. The number of fused-ring (bicyclic) bond motifs is 1. The van der Waals surface area contributed by atoms with Gasteiger partial charge in [-0.3, -0.25) is 4.79 Å². The fourth-order valence-corrected chi connectivity index (χ4v) is 5.21. The van der Waals surface area contributed by atoms with E-state index in [4.69, 9.17) is 4.74 Å². The number of carbonyl (C=O) groups excluding carboxylic acids is 2. The van der Waals surface area contributed by atoms with E-state index in [-0.39, 0.29) is 17.4 Å². The van der Waals surface area contributed by atoms with Crippen LogP contribution < -0.4 is 5.32 Å². The number of ether oxygens (including phenoxy) is 1. The standard InChI is InChI=1S/C23H22N4O4S2/c1-12-13(2)33-21(19(12)22(30)31-4)24-18(29)11-32-23-26-25-20(27(23)3)16-9-14-7-5-6-8-15(14)10-17(16)28/h5-10,28H,11H2,1-4H3,(H,24,29). The molecule has 0 saturated heterocycles. The molecule has 2 aromatic heterocycles. The molecule has 0 aliphatic heterocycles. The predicted octanol–water partition coefficient (Wildman–Crippen LogP) is 4.54. The van der Waals surface area contributed by atoms with Crippen LogP contribution in [0, 0.1) is 13.8 Å². The fourth-order valence-electron chi connectivity index (χ4n) is 3.44. The number of esters is 1. The smallest absolute Gasteiger partial charge is 0.341 e. The van der Waals surface area contributed by atoms with E-state index in [2.05, 4.69) is 15.5 Å². The minimum atomic E-state index is -0.479. The van der Waals surface area contributed by atoms with Gasteiger partial charge >= 0.3 is 5.97 Å². The molecule has 0 bridgehead atoms. The second-order valence-electron chi connectivity index (χ2n) is 7.40. The molecule has 0 aliphatic rings. The van der Waals surface area contributed by atoms with Crippen LogP contribution in [0.1, 0.15) is 20.8 Å². The van der Waals surface area contributed by atoms with Crippen molar-refractivity contribution in [1.82, 2.24) is 14.8 Å². The number of hydrogen-bond acceptors (Lipinski definition) is 8. The summed E-state index contributed by atoms with van der Waals surface area (Å²) in [7, 11) is 3.10. The van der Waals surface area contributed by atoms with Crippen LogP contribution in [0.25, 0.3) is 22.2 Å². The Morgan fingerprint density at radius 1 is 1.18 bits per heavy atom. The van der Waals surface area contributed by atoms with Crippen molar-refractivity contribution in [2.24, 2.45) is 7.05 Å². The molecule has 8 nitrogen and oxygen atoms in total. The second-order valence-corrected chi connectivity index (χ2v) is 9.56. The third kappa shape index (κ3) is 4.44. The molecule has 2 N–H and O–H groups in total. The van der Waals surface area contributed by atoms with E-state index in [1.54, 1.807) is 17.7 Å². The Kier molecular flexibility index (Phi) is 6.39. The van der Waals surface area contributed by atoms with Gasteiger partial charge in [0.2, 0.25) is 5.91 Å². The number of anilines is 1. The van der Waals surface area contributed by atoms with E-state index in [9.17, 15) is 14.7 Å². The van der Waals surface area contributed by atoms with Crippen LogP contribution in [-0.2, 0) is 16.6 Å². The molecule has 0 spiro atoms. The van der Waals surface area contributed by atoms with Crippen LogP contribution in [0.5, 0.6) is 5.75 Å². The van der Waals surface area contributed by atoms with Crippen LogP contribution >= 0.6 is 23.1 Å². The molecular weight excluding hydrogens is 460 g/mol. The van der Waals surface area contributed by atoms with Gasteiger partial charge in [0.1, 0.15) is 10.8 Å². The molecule has 0 aliphatic carbocycles. The molecule has 0 atom stereocenters. The number of thioether (sulfide) groups is 1. The zero-order valence-corrected chi connectivity index (χ0v) is 20.1. The van der Waals surface area contributed by atoms with Gasteiger partial charge in [-0.25, -0.2) is 4.79 Å². The van der Waals surface area contributed by atoms with Crippen molar-refractivity contribution in [2.75, 3.05) is 18.2 Å². The first kappa shape index (κ1) is 22.8. The molecular formula is C23H22N4O4S2. The lowest BCUT2D eigenvalue weighted by atomic mass is 10.1. The summed E-state index contributed by atoms with van der Waals surface area (Å²) in [5.41, 5.74) is 1.74. The third-order valence-electron chi connectivity index (χ3n) is 5.30. The molecule has 0 radical (unpaired) electrons. The SMILES string of the molecule is COC(=O)c1c(NC(=O)CSc2nnc(-c3cc4ccccc4cc3O)n2C)sc(C)c1C. The van der Waals surface area contributed by atoms with Crippen LogP contribution in [-0.4, -0.2) is 44.6 Å². The molecule has 10 heteroatoms. The van der Waals surface area contributed by atoms with E-state index in [0.717, 1.165) is 21.2 Å². The van der Waals surface area contributed by atoms with Crippen molar-refractivity contribution in [3.63, 3.8) is 0 Å². The highest BCUT2D eigenvalue weighted by atomic mass is 32.2.